The Balaban J connectivity index is 2.92. The molecule has 20 heavy (non-hydrogen) atoms. The molecule has 0 spiro atoms. The maximum atomic E-state index is 13.9. The Bertz CT molecular complexity index is 392. The van der Waals surface area contributed by atoms with Gasteiger partial charge in [0.2, 0.25) is 0 Å². The lowest BCUT2D eigenvalue weighted by Crippen LogP contribution is -2.63. The number of halogens is 5. The Morgan fingerprint density at radius 3 is 2.35 bits per heavy atom. The van der Waals surface area contributed by atoms with Crippen LogP contribution in [0.5, 0.6) is 0 Å². The summed E-state index contributed by atoms with van der Waals surface area (Å²) in [6.07, 6.45) is -9.61. The van der Waals surface area contributed by atoms with Crippen molar-refractivity contribution < 1.29 is 36.6 Å². The summed E-state index contributed by atoms with van der Waals surface area (Å²) >= 11 is 2.83. The van der Waals surface area contributed by atoms with Gasteiger partial charge in [0.25, 0.3) is 0 Å². The Labute approximate surface area is 120 Å². The molecule has 1 fully saturated rings. The molecule has 0 unspecified atom stereocenters. The summed E-state index contributed by atoms with van der Waals surface area (Å²) in [6.45, 7) is 2.32. The lowest BCUT2D eigenvalue weighted by Gasteiger charge is -2.40. The topological polar surface area (TPSA) is 64.6 Å². The van der Waals surface area contributed by atoms with Gasteiger partial charge in [-0.3, -0.25) is 9.59 Å². The van der Waals surface area contributed by atoms with Gasteiger partial charge in [-0.1, -0.05) is 15.9 Å². The average molecular weight is 366 g/mol. The van der Waals surface area contributed by atoms with E-state index in [9.17, 15) is 27.2 Å². The van der Waals surface area contributed by atoms with Gasteiger partial charge >= 0.3 is 18.1 Å². The fraction of sp³-hybridized carbons (Fsp3) is 0.800. The Morgan fingerprint density at radius 2 is 1.90 bits per heavy atom. The first-order valence-corrected chi connectivity index (χ1v) is 6.44. The molecule has 1 N–H and O–H groups in total. The smallest absolute Gasteiger partial charge is 0.457 e. The van der Waals surface area contributed by atoms with Crippen LogP contribution in [0.25, 0.3) is 0 Å². The Morgan fingerprint density at radius 1 is 1.35 bits per heavy atom. The molecule has 0 bridgehead atoms. The van der Waals surface area contributed by atoms with E-state index >= 15 is 0 Å². The van der Waals surface area contributed by atoms with Crippen LogP contribution in [0.2, 0.25) is 0 Å². The lowest BCUT2D eigenvalue weighted by molar-refractivity contribution is -0.186. The molecule has 5 nitrogen and oxygen atoms in total. The van der Waals surface area contributed by atoms with Crippen molar-refractivity contribution in [2.24, 2.45) is 0 Å². The van der Waals surface area contributed by atoms with Crippen molar-refractivity contribution >= 4 is 27.8 Å². The molecule has 1 aliphatic heterocycles. The number of rotatable bonds is 2. The molecule has 10 heteroatoms. The van der Waals surface area contributed by atoms with Crippen LogP contribution < -0.4 is 5.32 Å². The van der Waals surface area contributed by atoms with Crippen molar-refractivity contribution in [1.82, 2.24) is 5.32 Å². The molecule has 0 aromatic carbocycles. The predicted molar refractivity (Wildman–Crippen MR) is 61.7 cm³/mol. The van der Waals surface area contributed by atoms with E-state index in [1.807, 2.05) is 0 Å². The van der Waals surface area contributed by atoms with Gasteiger partial charge in [-0.05, 0) is 6.92 Å². The van der Waals surface area contributed by atoms with Crippen LogP contribution in [0.4, 0.5) is 17.6 Å². The number of nitrogens with one attached hydrogen (secondary N) is 1. The second kappa shape index (κ2) is 6.25. The minimum absolute atomic E-state index is 0.877. The van der Waals surface area contributed by atoms with Gasteiger partial charge in [0.1, 0.15) is 5.01 Å². The molecule has 1 heterocycles. The normalized spacial score (nSPS) is 34.5. The summed E-state index contributed by atoms with van der Waals surface area (Å²) in [5.41, 5.74) is 0. The standard InChI is InChI=1S/C10H12BrF4NO4/c1-3-6(16-9(18)10(13,14)15)7(20-4(2)17)5(12)8(11)19-3/h3,5-8H,1-2H3,(H,16,18)/t3-,5-,6+,7-,8+/m1/s1. The van der Waals surface area contributed by atoms with E-state index in [-0.39, 0.29) is 0 Å². The molecule has 0 aliphatic carbocycles. The summed E-state index contributed by atoms with van der Waals surface area (Å²) < 4.78 is 60.3. The van der Waals surface area contributed by atoms with Crippen molar-refractivity contribution in [2.45, 2.75) is 49.5 Å². The monoisotopic (exact) mass is 365 g/mol. The second-order valence-corrected chi connectivity index (χ2v) is 5.11. The fourth-order valence-electron chi connectivity index (χ4n) is 1.74. The van der Waals surface area contributed by atoms with Gasteiger partial charge in [-0.25, -0.2) is 4.39 Å². The van der Waals surface area contributed by atoms with Crippen molar-refractivity contribution in [3.05, 3.63) is 0 Å². The Hall–Kier alpha value is -0.900. The number of amides is 1. The van der Waals surface area contributed by atoms with E-state index in [4.69, 9.17) is 4.74 Å². The van der Waals surface area contributed by atoms with Gasteiger partial charge in [0.15, 0.2) is 12.3 Å². The van der Waals surface area contributed by atoms with Gasteiger partial charge in [-0.15, -0.1) is 0 Å². The molecule has 1 rings (SSSR count). The molecule has 1 saturated heterocycles. The zero-order valence-electron chi connectivity index (χ0n) is 10.4. The minimum atomic E-state index is -5.13. The first-order valence-electron chi connectivity index (χ1n) is 5.52. The zero-order valence-corrected chi connectivity index (χ0v) is 12.0. The number of hydrogen-bond acceptors (Lipinski definition) is 4. The SMILES string of the molecule is CC(=O)O[C@@H]1[C@@H](F)[C@@H](Br)O[C@H](C)[C@@H]1NC(=O)C(F)(F)F. The molecule has 0 aromatic rings. The Kier molecular flexibility index (Phi) is 5.36. The van der Waals surface area contributed by atoms with Gasteiger partial charge < -0.3 is 14.8 Å². The highest BCUT2D eigenvalue weighted by atomic mass is 79.9. The van der Waals surface area contributed by atoms with Crippen molar-refractivity contribution in [3.8, 4) is 0 Å². The summed E-state index contributed by atoms with van der Waals surface area (Å²) in [7, 11) is 0. The van der Waals surface area contributed by atoms with Gasteiger partial charge in [0.05, 0.1) is 12.1 Å². The summed E-state index contributed by atoms with van der Waals surface area (Å²) in [5.74, 6) is -3.13. The third kappa shape index (κ3) is 4.05. The highest BCUT2D eigenvalue weighted by molar-refractivity contribution is 9.09. The van der Waals surface area contributed by atoms with E-state index in [1.54, 1.807) is 5.32 Å². The average Bonchev–Trinajstić information content (AvgIpc) is 2.28. The molecule has 0 saturated carbocycles. The number of ether oxygens (including phenoxy) is 2. The zero-order chi connectivity index (χ0) is 15.7. The first-order chi connectivity index (χ1) is 9.04. The first kappa shape index (κ1) is 17.2. The molecule has 5 atom stereocenters. The van der Waals surface area contributed by atoms with Crippen molar-refractivity contribution in [3.63, 3.8) is 0 Å². The molecule has 0 radical (unpaired) electrons. The molecule has 116 valence electrons. The third-order valence-electron chi connectivity index (χ3n) is 2.63. The van der Waals surface area contributed by atoms with E-state index in [2.05, 4.69) is 20.7 Å². The van der Waals surface area contributed by atoms with Crippen LogP contribution in [-0.4, -0.2) is 47.5 Å². The number of carbonyl (C=O) groups is 2. The van der Waals surface area contributed by atoms with Gasteiger partial charge in [0, 0.05) is 6.92 Å². The maximum Gasteiger partial charge on any atom is 0.471 e. The second-order valence-electron chi connectivity index (χ2n) is 4.21. The molecular formula is C10H12BrF4NO4. The van der Waals surface area contributed by atoms with E-state index in [1.165, 1.54) is 6.92 Å². The summed E-state index contributed by atoms with van der Waals surface area (Å²) in [5, 5.41) is 0.436. The van der Waals surface area contributed by atoms with Crippen LogP contribution in [0, 0.1) is 0 Å². The fourth-order valence-corrected chi connectivity index (χ4v) is 2.38. The number of hydrogen-bond donors (Lipinski definition) is 1. The lowest BCUT2D eigenvalue weighted by atomic mass is 9.98. The van der Waals surface area contributed by atoms with Gasteiger partial charge in [-0.2, -0.15) is 13.2 Å². The number of carbonyl (C=O) groups excluding carboxylic acids is 2. The highest BCUT2D eigenvalue weighted by Gasteiger charge is 2.49. The van der Waals surface area contributed by atoms with E-state index in [0.29, 0.717) is 0 Å². The summed E-state index contributed by atoms with van der Waals surface area (Å²) in [4.78, 5) is 21.9. The predicted octanol–water partition coefficient (Wildman–Crippen LogP) is 1.44. The molecule has 1 amide bonds. The quantitative estimate of drug-likeness (QED) is 0.457. The van der Waals surface area contributed by atoms with Crippen LogP contribution in [0.1, 0.15) is 13.8 Å². The third-order valence-corrected chi connectivity index (χ3v) is 3.35. The van der Waals surface area contributed by atoms with Crippen molar-refractivity contribution in [1.29, 1.82) is 0 Å². The number of alkyl halides is 5. The molecule has 1 aliphatic rings. The van der Waals surface area contributed by atoms with Crippen molar-refractivity contribution in [2.75, 3.05) is 0 Å². The number of esters is 1. The van der Waals surface area contributed by atoms with E-state index in [0.717, 1.165) is 6.92 Å². The maximum absolute atomic E-state index is 13.9. The molecular weight excluding hydrogens is 354 g/mol. The minimum Gasteiger partial charge on any atom is -0.457 e. The molecule has 0 aromatic heterocycles. The largest absolute Gasteiger partial charge is 0.471 e. The van der Waals surface area contributed by atoms with Crippen LogP contribution in [-0.2, 0) is 19.1 Å². The van der Waals surface area contributed by atoms with Crippen LogP contribution >= 0.6 is 15.9 Å². The summed E-state index contributed by atoms with van der Waals surface area (Å²) in [6, 6.07) is -1.45. The van der Waals surface area contributed by atoms with E-state index < -0.39 is 47.5 Å². The van der Waals surface area contributed by atoms with Crippen LogP contribution in [0.3, 0.4) is 0 Å². The van der Waals surface area contributed by atoms with Crippen LogP contribution in [0.15, 0.2) is 0 Å². The highest BCUT2D eigenvalue weighted by Crippen LogP contribution is 2.29.